The molecule has 5 rings (SSSR count). The van der Waals surface area contributed by atoms with Crippen molar-refractivity contribution in [2.24, 2.45) is 10.9 Å². The maximum Gasteiger partial charge on any atom is 0.161 e. The minimum Gasteiger partial charge on any atom is -0.493 e. The van der Waals surface area contributed by atoms with Gasteiger partial charge in [0.15, 0.2) is 23.0 Å². The summed E-state index contributed by atoms with van der Waals surface area (Å²) < 4.78 is 22.4. The molecule has 3 heterocycles. The van der Waals surface area contributed by atoms with Gasteiger partial charge in [-0.05, 0) is 85.4 Å². The molecule has 2 aromatic rings. The Labute approximate surface area is 209 Å². The van der Waals surface area contributed by atoms with Crippen molar-refractivity contribution >= 4 is 5.71 Å². The highest BCUT2D eigenvalue weighted by Gasteiger charge is 2.39. The van der Waals surface area contributed by atoms with Crippen LogP contribution >= 0.6 is 0 Å². The van der Waals surface area contributed by atoms with Gasteiger partial charge in [-0.25, -0.2) is 0 Å². The molecule has 3 atom stereocenters. The second-order valence-corrected chi connectivity index (χ2v) is 9.96. The summed E-state index contributed by atoms with van der Waals surface area (Å²) >= 11 is 0. The van der Waals surface area contributed by atoms with Crippen LogP contribution in [0.1, 0.15) is 60.9 Å². The van der Waals surface area contributed by atoms with E-state index in [0.29, 0.717) is 18.0 Å². The molecule has 0 amide bonds. The maximum atomic E-state index is 5.68. The molecule has 0 saturated carbocycles. The second-order valence-electron chi connectivity index (χ2n) is 9.96. The molecule has 0 radical (unpaired) electrons. The first-order valence-corrected chi connectivity index (χ1v) is 12.9. The zero-order chi connectivity index (χ0) is 24.5. The molecule has 1 fully saturated rings. The van der Waals surface area contributed by atoms with Crippen molar-refractivity contribution in [3.63, 3.8) is 0 Å². The first-order valence-electron chi connectivity index (χ1n) is 12.9. The average Bonchev–Trinajstić information content (AvgIpc) is 2.90. The summed E-state index contributed by atoms with van der Waals surface area (Å²) in [6.07, 6.45) is 6.55. The number of piperidine rings is 1. The van der Waals surface area contributed by atoms with Gasteiger partial charge in [0.1, 0.15) is 0 Å². The topological polar surface area (TPSA) is 52.5 Å². The van der Waals surface area contributed by atoms with Gasteiger partial charge in [-0.2, -0.15) is 0 Å². The summed E-state index contributed by atoms with van der Waals surface area (Å²) in [7, 11) is 6.85. The Hall–Kier alpha value is -2.73. The van der Waals surface area contributed by atoms with Crippen LogP contribution in [0.15, 0.2) is 29.3 Å². The number of hydrogen-bond donors (Lipinski definition) is 0. The van der Waals surface area contributed by atoms with Crippen molar-refractivity contribution in [3.8, 4) is 23.0 Å². The van der Waals surface area contributed by atoms with E-state index >= 15 is 0 Å². The van der Waals surface area contributed by atoms with Gasteiger partial charge < -0.3 is 18.9 Å². The molecule has 3 aliphatic rings. The van der Waals surface area contributed by atoms with Gasteiger partial charge in [0.2, 0.25) is 0 Å². The molecule has 1 saturated heterocycles. The number of hydrogen-bond acceptors (Lipinski definition) is 6. The van der Waals surface area contributed by atoms with Gasteiger partial charge >= 0.3 is 0 Å². The van der Waals surface area contributed by atoms with Crippen molar-refractivity contribution in [1.82, 2.24) is 4.90 Å². The number of methoxy groups -OCH3 is 4. The van der Waals surface area contributed by atoms with E-state index in [1.54, 1.807) is 28.4 Å². The average molecular weight is 479 g/mol. The van der Waals surface area contributed by atoms with Gasteiger partial charge in [0.25, 0.3) is 0 Å². The van der Waals surface area contributed by atoms with Crippen molar-refractivity contribution < 1.29 is 18.9 Å². The lowest BCUT2D eigenvalue weighted by molar-refractivity contribution is 0.0429. The molecule has 6 nitrogen and oxygen atoms in total. The number of benzene rings is 2. The Kier molecular flexibility index (Phi) is 6.92. The van der Waals surface area contributed by atoms with Gasteiger partial charge in [-0.3, -0.25) is 9.89 Å². The summed E-state index contributed by atoms with van der Waals surface area (Å²) in [6, 6.07) is 9.69. The van der Waals surface area contributed by atoms with Crippen LogP contribution < -0.4 is 18.9 Å². The number of ether oxygens (including phenoxy) is 4. The third-order valence-electron chi connectivity index (χ3n) is 8.23. The molecule has 0 spiro atoms. The zero-order valence-corrected chi connectivity index (χ0v) is 21.7. The van der Waals surface area contributed by atoms with E-state index in [0.717, 1.165) is 61.8 Å². The van der Waals surface area contributed by atoms with Crippen LogP contribution in [0.25, 0.3) is 0 Å². The number of rotatable bonds is 7. The Morgan fingerprint density at radius 1 is 0.829 bits per heavy atom. The SMILES string of the molecule is CCC1CC(CC2=NCCc3cc(OC)c(OC)cc32)CC2c3cc(OC)c(OC)cc3CCN12. The van der Waals surface area contributed by atoms with Crippen LogP contribution in [0.5, 0.6) is 23.0 Å². The Morgan fingerprint density at radius 3 is 2.17 bits per heavy atom. The van der Waals surface area contributed by atoms with Gasteiger partial charge in [0, 0.05) is 36.4 Å². The second kappa shape index (κ2) is 10.1. The van der Waals surface area contributed by atoms with Crippen molar-refractivity contribution in [2.75, 3.05) is 41.5 Å². The van der Waals surface area contributed by atoms with Gasteiger partial charge in [0.05, 0.1) is 28.4 Å². The van der Waals surface area contributed by atoms with E-state index in [2.05, 4.69) is 36.1 Å². The van der Waals surface area contributed by atoms with Crippen LogP contribution in [-0.4, -0.2) is 58.2 Å². The van der Waals surface area contributed by atoms with E-state index in [9.17, 15) is 0 Å². The molecule has 2 aromatic carbocycles. The van der Waals surface area contributed by atoms with Crippen LogP contribution in [0, 0.1) is 5.92 Å². The lowest BCUT2D eigenvalue weighted by Gasteiger charge is -2.48. The molecule has 3 unspecified atom stereocenters. The lowest BCUT2D eigenvalue weighted by Crippen LogP contribution is -2.48. The summed E-state index contributed by atoms with van der Waals surface area (Å²) in [5.74, 6) is 3.82. The molecule has 0 bridgehead atoms. The number of nitrogens with zero attached hydrogens (tertiary/aromatic N) is 2. The number of aliphatic imine (C=N–C) groups is 1. The van der Waals surface area contributed by atoms with Gasteiger partial charge in [-0.15, -0.1) is 0 Å². The molecular weight excluding hydrogens is 440 g/mol. The summed E-state index contributed by atoms with van der Waals surface area (Å²) in [4.78, 5) is 7.76. The maximum absolute atomic E-state index is 5.68. The molecule has 3 aliphatic heterocycles. The summed E-state index contributed by atoms with van der Waals surface area (Å²) in [5.41, 5.74) is 6.59. The Bertz CT molecular complexity index is 1110. The monoisotopic (exact) mass is 478 g/mol. The smallest absolute Gasteiger partial charge is 0.161 e. The largest absolute Gasteiger partial charge is 0.493 e. The molecule has 6 heteroatoms. The fourth-order valence-corrected chi connectivity index (χ4v) is 6.49. The first-order chi connectivity index (χ1) is 17.1. The third kappa shape index (κ3) is 4.37. The van der Waals surface area contributed by atoms with E-state index in [-0.39, 0.29) is 0 Å². The molecule has 35 heavy (non-hydrogen) atoms. The molecule has 0 N–H and O–H groups in total. The van der Waals surface area contributed by atoms with Crippen molar-refractivity contribution in [2.45, 2.75) is 57.5 Å². The van der Waals surface area contributed by atoms with E-state index in [1.165, 1.54) is 40.8 Å². The van der Waals surface area contributed by atoms with Crippen molar-refractivity contribution in [1.29, 1.82) is 0 Å². The summed E-state index contributed by atoms with van der Waals surface area (Å²) in [5, 5.41) is 0. The Morgan fingerprint density at radius 2 is 1.49 bits per heavy atom. The quantitative estimate of drug-likeness (QED) is 0.544. The highest BCUT2D eigenvalue weighted by molar-refractivity contribution is 6.03. The Balaban J connectivity index is 1.44. The highest BCUT2D eigenvalue weighted by Crippen LogP contribution is 2.47. The van der Waals surface area contributed by atoms with Crippen LogP contribution in [0.3, 0.4) is 0 Å². The minimum absolute atomic E-state index is 0.413. The van der Waals surface area contributed by atoms with E-state index in [4.69, 9.17) is 23.9 Å². The predicted octanol–water partition coefficient (Wildman–Crippen LogP) is 5.24. The number of fused-ring (bicyclic) bond motifs is 4. The highest BCUT2D eigenvalue weighted by atomic mass is 16.5. The van der Waals surface area contributed by atoms with E-state index in [1.807, 2.05) is 0 Å². The van der Waals surface area contributed by atoms with E-state index < -0.39 is 0 Å². The predicted molar refractivity (Wildman–Crippen MR) is 139 cm³/mol. The standard InChI is InChI=1S/C29H38N2O4/c1-6-21-11-18(12-24-22-16-28(34-4)26(32-2)14-19(22)7-9-30-24)13-25-23-17-29(35-5)27(33-3)15-20(23)8-10-31(21)25/h14-18,21,25H,6-13H2,1-5H3. The first kappa shape index (κ1) is 24.0. The van der Waals surface area contributed by atoms with Gasteiger partial charge in [-0.1, -0.05) is 6.92 Å². The molecule has 188 valence electrons. The van der Waals surface area contributed by atoms with Crippen LogP contribution in [0.4, 0.5) is 0 Å². The molecule has 0 aliphatic carbocycles. The molecule has 0 aromatic heterocycles. The third-order valence-corrected chi connectivity index (χ3v) is 8.23. The minimum atomic E-state index is 0.413. The fraction of sp³-hybridized carbons (Fsp3) is 0.552. The normalized spacial score (nSPS) is 23.5. The zero-order valence-electron chi connectivity index (χ0n) is 21.7. The van der Waals surface area contributed by atoms with Crippen LogP contribution in [-0.2, 0) is 12.8 Å². The van der Waals surface area contributed by atoms with Crippen LogP contribution in [0.2, 0.25) is 0 Å². The summed E-state index contributed by atoms with van der Waals surface area (Å²) in [6.45, 7) is 4.29. The molecular formula is C29H38N2O4. The van der Waals surface area contributed by atoms with Crippen molar-refractivity contribution in [3.05, 3.63) is 46.5 Å². The fourth-order valence-electron chi connectivity index (χ4n) is 6.49. The lowest BCUT2D eigenvalue weighted by atomic mass is 9.75.